The lowest BCUT2D eigenvalue weighted by atomic mass is 9.99. The molecule has 0 atom stereocenters. The Labute approximate surface area is 105 Å². The molecule has 0 bridgehead atoms. The lowest BCUT2D eigenvalue weighted by Gasteiger charge is -2.05. The van der Waals surface area contributed by atoms with Crippen molar-refractivity contribution in [2.75, 3.05) is 0 Å². The highest BCUT2D eigenvalue weighted by molar-refractivity contribution is 5.85. The highest BCUT2D eigenvalue weighted by atomic mass is 16.6. The van der Waals surface area contributed by atoms with Crippen molar-refractivity contribution in [3.8, 4) is 0 Å². The standard InChI is InChI=1S/C15H11NO2/c17-16(18)13-7-9-15-12(10-13)6-8-14(15)11-4-2-1-3-5-11/h1-5,7-10H,6H2. The predicted octanol–water partition coefficient (Wildman–Crippen LogP) is 3.58. The normalized spacial score (nSPS) is 13.0. The minimum absolute atomic E-state index is 0.163. The summed E-state index contributed by atoms with van der Waals surface area (Å²) in [5, 5.41) is 10.7. The Kier molecular flexibility index (Phi) is 2.45. The van der Waals surface area contributed by atoms with Gasteiger partial charge in [-0.15, -0.1) is 0 Å². The second-order valence-corrected chi connectivity index (χ2v) is 4.29. The van der Waals surface area contributed by atoms with Gasteiger partial charge < -0.3 is 0 Å². The van der Waals surface area contributed by atoms with Gasteiger partial charge in [0, 0.05) is 12.1 Å². The fraction of sp³-hybridized carbons (Fsp3) is 0.0667. The number of benzene rings is 2. The van der Waals surface area contributed by atoms with E-state index in [0.717, 1.165) is 23.1 Å². The van der Waals surface area contributed by atoms with Crippen LogP contribution in [0, 0.1) is 10.1 Å². The summed E-state index contributed by atoms with van der Waals surface area (Å²) in [5.41, 5.74) is 4.62. The third-order valence-corrected chi connectivity index (χ3v) is 3.20. The van der Waals surface area contributed by atoms with Gasteiger partial charge in [-0.1, -0.05) is 36.4 Å². The highest BCUT2D eigenvalue weighted by Crippen LogP contribution is 2.34. The van der Waals surface area contributed by atoms with Crippen molar-refractivity contribution < 1.29 is 4.92 Å². The van der Waals surface area contributed by atoms with Crippen LogP contribution in [-0.4, -0.2) is 4.92 Å². The Morgan fingerprint density at radius 1 is 1.06 bits per heavy atom. The molecule has 0 spiro atoms. The van der Waals surface area contributed by atoms with Crippen molar-refractivity contribution in [1.29, 1.82) is 0 Å². The number of nitrogens with zero attached hydrogens (tertiary/aromatic N) is 1. The summed E-state index contributed by atoms with van der Waals surface area (Å²) in [6.45, 7) is 0. The number of non-ortho nitro benzene ring substituents is 1. The van der Waals surface area contributed by atoms with Crippen LogP contribution in [0.2, 0.25) is 0 Å². The molecule has 0 saturated heterocycles. The molecule has 0 radical (unpaired) electrons. The number of rotatable bonds is 2. The molecule has 0 fully saturated rings. The lowest BCUT2D eigenvalue weighted by molar-refractivity contribution is -0.384. The minimum Gasteiger partial charge on any atom is -0.258 e. The molecule has 1 aliphatic rings. The van der Waals surface area contributed by atoms with Gasteiger partial charge in [-0.3, -0.25) is 10.1 Å². The van der Waals surface area contributed by atoms with Crippen molar-refractivity contribution in [2.24, 2.45) is 0 Å². The second kappa shape index (κ2) is 4.11. The smallest absolute Gasteiger partial charge is 0.258 e. The zero-order chi connectivity index (χ0) is 12.5. The van der Waals surface area contributed by atoms with Gasteiger partial charge in [0.1, 0.15) is 0 Å². The number of fused-ring (bicyclic) bond motifs is 1. The van der Waals surface area contributed by atoms with Gasteiger partial charge in [0.25, 0.3) is 5.69 Å². The molecule has 88 valence electrons. The molecule has 3 nitrogen and oxygen atoms in total. The molecular weight excluding hydrogens is 226 g/mol. The van der Waals surface area contributed by atoms with E-state index >= 15 is 0 Å². The monoisotopic (exact) mass is 237 g/mol. The van der Waals surface area contributed by atoms with Gasteiger partial charge in [0.15, 0.2) is 0 Å². The van der Waals surface area contributed by atoms with Crippen LogP contribution in [0.15, 0.2) is 54.6 Å². The van der Waals surface area contributed by atoms with Gasteiger partial charge in [-0.25, -0.2) is 0 Å². The van der Waals surface area contributed by atoms with Gasteiger partial charge in [-0.05, 0) is 34.8 Å². The molecule has 18 heavy (non-hydrogen) atoms. The molecule has 1 aliphatic carbocycles. The van der Waals surface area contributed by atoms with E-state index in [2.05, 4.69) is 18.2 Å². The van der Waals surface area contributed by atoms with E-state index in [1.165, 1.54) is 5.57 Å². The first-order chi connectivity index (χ1) is 8.75. The van der Waals surface area contributed by atoms with Crippen molar-refractivity contribution in [3.05, 3.63) is 81.4 Å². The van der Waals surface area contributed by atoms with Gasteiger partial charge in [0.05, 0.1) is 4.92 Å². The van der Waals surface area contributed by atoms with Crippen LogP contribution >= 0.6 is 0 Å². The molecule has 0 saturated carbocycles. The Morgan fingerprint density at radius 3 is 2.56 bits per heavy atom. The van der Waals surface area contributed by atoms with E-state index in [1.807, 2.05) is 24.3 Å². The third kappa shape index (κ3) is 1.70. The molecule has 0 N–H and O–H groups in total. The second-order valence-electron chi connectivity index (χ2n) is 4.29. The van der Waals surface area contributed by atoms with E-state index in [4.69, 9.17) is 0 Å². The molecule has 3 heteroatoms. The summed E-state index contributed by atoms with van der Waals surface area (Å²) in [7, 11) is 0. The summed E-state index contributed by atoms with van der Waals surface area (Å²) in [5.74, 6) is 0. The topological polar surface area (TPSA) is 43.1 Å². The van der Waals surface area contributed by atoms with Crippen LogP contribution < -0.4 is 0 Å². The maximum absolute atomic E-state index is 10.7. The largest absolute Gasteiger partial charge is 0.269 e. The zero-order valence-corrected chi connectivity index (χ0v) is 9.67. The molecule has 2 aromatic carbocycles. The van der Waals surface area contributed by atoms with E-state index in [0.29, 0.717) is 0 Å². The van der Waals surface area contributed by atoms with Crippen molar-refractivity contribution in [2.45, 2.75) is 6.42 Å². The Bertz CT molecular complexity index is 645. The molecule has 0 amide bonds. The summed E-state index contributed by atoms with van der Waals surface area (Å²) in [4.78, 5) is 10.4. The number of nitro groups is 1. The average molecular weight is 237 g/mol. The number of allylic oxidation sites excluding steroid dienone is 1. The fourth-order valence-corrected chi connectivity index (χ4v) is 2.34. The molecular formula is C15H11NO2. The van der Waals surface area contributed by atoms with Crippen LogP contribution in [0.4, 0.5) is 5.69 Å². The summed E-state index contributed by atoms with van der Waals surface area (Å²) < 4.78 is 0. The van der Waals surface area contributed by atoms with E-state index in [1.54, 1.807) is 12.1 Å². The Hall–Kier alpha value is -2.42. The molecule has 0 heterocycles. The third-order valence-electron chi connectivity index (χ3n) is 3.20. The van der Waals surface area contributed by atoms with Crippen LogP contribution in [-0.2, 0) is 6.42 Å². The molecule has 0 aromatic heterocycles. The SMILES string of the molecule is O=[N+]([O-])c1ccc2c(c1)CC=C2c1ccccc1. The molecule has 0 aliphatic heterocycles. The summed E-state index contributed by atoms with van der Waals surface area (Å²) in [6, 6.07) is 15.2. The maximum Gasteiger partial charge on any atom is 0.269 e. The number of hydrogen-bond acceptors (Lipinski definition) is 2. The van der Waals surface area contributed by atoms with E-state index < -0.39 is 0 Å². The van der Waals surface area contributed by atoms with Gasteiger partial charge >= 0.3 is 0 Å². The molecule has 0 unspecified atom stereocenters. The number of nitro benzene ring substituents is 1. The fourth-order valence-electron chi connectivity index (χ4n) is 2.34. The molecule has 2 aromatic rings. The van der Waals surface area contributed by atoms with Gasteiger partial charge in [-0.2, -0.15) is 0 Å². The molecule has 3 rings (SSSR count). The van der Waals surface area contributed by atoms with E-state index in [9.17, 15) is 10.1 Å². The van der Waals surface area contributed by atoms with Crippen molar-refractivity contribution in [1.82, 2.24) is 0 Å². The van der Waals surface area contributed by atoms with Crippen molar-refractivity contribution in [3.63, 3.8) is 0 Å². The predicted molar refractivity (Wildman–Crippen MR) is 70.3 cm³/mol. The van der Waals surface area contributed by atoms with Crippen LogP contribution in [0.1, 0.15) is 16.7 Å². The first-order valence-electron chi connectivity index (χ1n) is 5.79. The summed E-state index contributed by atoms with van der Waals surface area (Å²) >= 11 is 0. The zero-order valence-electron chi connectivity index (χ0n) is 9.67. The van der Waals surface area contributed by atoms with Crippen LogP contribution in [0.3, 0.4) is 0 Å². The number of hydrogen-bond donors (Lipinski definition) is 0. The van der Waals surface area contributed by atoms with Crippen molar-refractivity contribution >= 4 is 11.3 Å². The quantitative estimate of drug-likeness (QED) is 0.591. The minimum atomic E-state index is -0.346. The average Bonchev–Trinajstić information content (AvgIpc) is 2.82. The van der Waals surface area contributed by atoms with Crippen LogP contribution in [0.5, 0.6) is 0 Å². The first-order valence-corrected chi connectivity index (χ1v) is 5.79. The van der Waals surface area contributed by atoms with Crippen LogP contribution in [0.25, 0.3) is 5.57 Å². The highest BCUT2D eigenvalue weighted by Gasteiger charge is 2.18. The first kappa shape index (κ1) is 10.7. The Morgan fingerprint density at radius 2 is 1.83 bits per heavy atom. The summed E-state index contributed by atoms with van der Waals surface area (Å²) in [6.07, 6.45) is 2.89. The van der Waals surface area contributed by atoms with Gasteiger partial charge in [0.2, 0.25) is 0 Å². The Balaban J connectivity index is 2.04. The maximum atomic E-state index is 10.7. The lowest BCUT2D eigenvalue weighted by Crippen LogP contribution is -1.92. The van der Waals surface area contributed by atoms with E-state index in [-0.39, 0.29) is 10.6 Å².